The van der Waals surface area contributed by atoms with Crippen molar-refractivity contribution in [1.29, 1.82) is 0 Å². The molecule has 3 aromatic carbocycles. The lowest BCUT2D eigenvalue weighted by atomic mass is 10.2. The number of carbonyl (C=O) groups excluding carboxylic acids is 3. The van der Waals surface area contributed by atoms with Gasteiger partial charge in [0.05, 0.1) is 12.7 Å². The fourth-order valence-corrected chi connectivity index (χ4v) is 4.39. The SMILES string of the molecule is COC(=O)c1nc(-c2cccc(O)c2)n(C)c(=O)c1OC(=O)c1nc(-c2cccc(O)c2)n(C)c(=O)c1OC(=O)c1ccccc1. The predicted molar refractivity (Wildman–Crippen MR) is 161 cm³/mol. The maximum absolute atomic E-state index is 13.8. The lowest BCUT2D eigenvalue weighted by Gasteiger charge is -2.16. The summed E-state index contributed by atoms with van der Waals surface area (Å²) in [5.74, 6) is -5.81. The fraction of sp³-hybridized carbons (Fsp3) is 0.0938. The Balaban J connectivity index is 1.68. The van der Waals surface area contributed by atoms with Gasteiger partial charge in [-0.05, 0) is 36.4 Å². The summed E-state index contributed by atoms with van der Waals surface area (Å²) in [6, 6.07) is 19.0. The first-order valence-electron chi connectivity index (χ1n) is 13.4. The Morgan fingerprint density at radius 2 is 1.09 bits per heavy atom. The van der Waals surface area contributed by atoms with Gasteiger partial charge in [-0.2, -0.15) is 0 Å². The first-order valence-corrected chi connectivity index (χ1v) is 13.4. The van der Waals surface area contributed by atoms with Crippen molar-refractivity contribution in [2.45, 2.75) is 0 Å². The summed E-state index contributed by atoms with van der Waals surface area (Å²) in [4.78, 5) is 75.0. The van der Waals surface area contributed by atoms with E-state index in [0.717, 1.165) is 16.2 Å². The molecule has 0 atom stereocenters. The zero-order valence-electron chi connectivity index (χ0n) is 24.5. The van der Waals surface area contributed by atoms with Crippen molar-refractivity contribution in [3.05, 3.63) is 117 Å². The number of hydrogen-bond donors (Lipinski definition) is 2. The summed E-state index contributed by atoms with van der Waals surface area (Å²) in [7, 11) is 3.61. The Bertz CT molecular complexity index is 2140. The van der Waals surface area contributed by atoms with Crippen molar-refractivity contribution >= 4 is 17.9 Å². The minimum atomic E-state index is -1.45. The zero-order valence-corrected chi connectivity index (χ0v) is 24.5. The second-order valence-corrected chi connectivity index (χ2v) is 9.69. The summed E-state index contributed by atoms with van der Waals surface area (Å²) in [6.07, 6.45) is 0. The number of ether oxygens (including phenoxy) is 3. The Labute approximate surface area is 259 Å². The van der Waals surface area contributed by atoms with Crippen LogP contribution < -0.4 is 20.6 Å². The third-order valence-electron chi connectivity index (χ3n) is 6.68. The van der Waals surface area contributed by atoms with Crippen LogP contribution in [0.4, 0.5) is 0 Å². The molecule has 0 spiro atoms. The minimum Gasteiger partial charge on any atom is -0.508 e. The first kappa shape index (κ1) is 30.9. The topological polar surface area (TPSA) is 189 Å². The van der Waals surface area contributed by atoms with Crippen molar-refractivity contribution in [2.24, 2.45) is 14.1 Å². The Hall–Kier alpha value is -6.57. The van der Waals surface area contributed by atoms with Gasteiger partial charge >= 0.3 is 17.9 Å². The van der Waals surface area contributed by atoms with E-state index in [9.17, 15) is 34.2 Å². The van der Waals surface area contributed by atoms with Crippen molar-refractivity contribution in [1.82, 2.24) is 19.1 Å². The van der Waals surface area contributed by atoms with Crippen LogP contribution in [-0.4, -0.2) is 54.3 Å². The molecule has 0 saturated heterocycles. The molecule has 2 aromatic heterocycles. The molecule has 0 bridgehead atoms. The number of phenolic OH excluding ortho intramolecular Hbond substituents is 2. The number of benzene rings is 3. The summed E-state index contributed by atoms with van der Waals surface area (Å²) < 4.78 is 17.5. The van der Waals surface area contributed by atoms with E-state index in [4.69, 9.17) is 14.2 Å². The molecule has 232 valence electrons. The normalized spacial score (nSPS) is 10.7. The van der Waals surface area contributed by atoms with E-state index in [2.05, 4.69) is 9.97 Å². The van der Waals surface area contributed by atoms with Gasteiger partial charge in [-0.25, -0.2) is 24.4 Å². The highest BCUT2D eigenvalue weighted by molar-refractivity contribution is 5.97. The molecule has 0 amide bonds. The average molecular weight is 625 g/mol. The quantitative estimate of drug-likeness (QED) is 0.252. The van der Waals surface area contributed by atoms with Gasteiger partial charge in [0.2, 0.25) is 11.5 Å². The molecule has 5 rings (SSSR count). The number of esters is 3. The van der Waals surface area contributed by atoms with Crippen LogP contribution in [0.15, 0.2) is 88.5 Å². The number of phenols is 2. The van der Waals surface area contributed by atoms with Gasteiger partial charge in [-0.15, -0.1) is 0 Å². The van der Waals surface area contributed by atoms with Gasteiger partial charge in [0.15, 0.2) is 11.4 Å². The molecule has 14 heteroatoms. The van der Waals surface area contributed by atoms with Crippen LogP contribution in [0.2, 0.25) is 0 Å². The monoisotopic (exact) mass is 624 g/mol. The van der Waals surface area contributed by atoms with Crippen molar-refractivity contribution < 1.29 is 38.8 Å². The third-order valence-corrected chi connectivity index (χ3v) is 6.68. The number of nitrogens with zero attached hydrogens (tertiary/aromatic N) is 4. The van der Waals surface area contributed by atoms with Crippen molar-refractivity contribution in [3.8, 4) is 45.8 Å². The standard InChI is InChI=1S/C32H24N4O10/c1-35-26(18-11-7-13-20(37)15-18)33-22(31(42)44-3)24(28(35)39)46-32(43)23-25(45-30(41)17-9-5-4-6-10-17)29(40)36(2)27(34-23)19-12-8-14-21(38)16-19/h4-16,37-38H,1-3H3. The van der Waals surface area contributed by atoms with Gasteiger partial charge < -0.3 is 24.4 Å². The number of methoxy groups -OCH3 is 1. The number of rotatable bonds is 7. The van der Waals surface area contributed by atoms with Crippen LogP contribution in [0, 0.1) is 0 Å². The molecular weight excluding hydrogens is 600 g/mol. The van der Waals surface area contributed by atoms with Crippen LogP contribution in [0.3, 0.4) is 0 Å². The minimum absolute atomic E-state index is 0.0505. The largest absolute Gasteiger partial charge is 0.508 e. The highest BCUT2D eigenvalue weighted by Crippen LogP contribution is 2.27. The maximum Gasteiger partial charge on any atom is 0.366 e. The molecule has 2 heterocycles. The van der Waals surface area contributed by atoms with Gasteiger partial charge in [0.25, 0.3) is 11.1 Å². The summed E-state index contributed by atoms with van der Waals surface area (Å²) in [5, 5.41) is 19.9. The molecule has 0 unspecified atom stereocenters. The molecule has 0 aliphatic rings. The molecular formula is C32H24N4O10. The van der Waals surface area contributed by atoms with Crippen LogP contribution in [0.1, 0.15) is 31.3 Å². The molecule has 0 fully saturated rings. The number of carbonyl (C=O) groups is 3. The first-order chi connectivity index (χ1) is 22.0. The summed E-state index contributed by atoms with van der Waals surface area (Å²) in [5.41, 5.74) is -3.00. The predicted octanol–water partition coefficient (Wildman–Crippen LogP) is 2.84. The Kier molecular flexibility index (Phi) is 8.44. The van der Waals surface area contributed by atoms with Crippen LogP contribution in [0.25, 0.3) is 22.8 Å². The lowest BCUT2D eigenvalue weighted by molar-refractivity contribution is 0.0583. The molecule has 5 aromatic rings. The number of hydrogen-bond acceptors (Lipinski definition) is 12. The van der Waals surface area contributed by atoms with Crippen LogP contribution >= 0.6 is 0 Å². The van der Waals surface area contributed by atoms with E-state index in [0.29, 0.717) is 0 Å². The molecule has 46 heavy (non-hydrogen) atoms. The summed E-state index contributed by atoms with van der Waals surface area (Å²) >= 11 is 0. The van der Waals surface area contributed by atoms with E-state index in [-0.39, 0.29) is 39.8 Å². The van der Waals surface area contributed by atoms with E-state index < -0.39 is 51.9 Å². The Morgan fingerprint density at radius 3 is 1.54 bits per heavy atom. The van der Waals surface area contributed by atoms with Gasteiger partial charge in [0.1, 0.15) is 23.1 Å². The Morgan fingerprint density at radius 1 is 0.630 bits per heavy atom. The highest BCUT2D eigenvalue weighted by atomic mass is 16.6. The van der Waals surface area contributed by atoms with E-state index >= 15 is 0 Å². The van der Waals surface area contributed by atoms with Crippen LogP contribution in [0.5, 0.6) is 23.0 Å². The number of aromatic nitrogens is 4. The van der Waals surface area contributed by atoms with Gasteiger partial charge in [-0.1, -0.05) is 42.5 Å². The molecule has 0 aliphatic carbocycles. The molecule has 0 aliphatic heterocycles. The van der Waals surface area contributed by atoms with Crippen molar-refractivity contribution in [2.75, 3.05) is 7.11 Å². The highest BCUT2D eigenvalue weighted by Gasteiger charge is 2.31. The smallest absolute Gasteiger partial charge is 0.366 e. The molecule has 0 saturated carbocycles. The lowest BCUT2D eigenvalue weighted by Crippen LogP contribution is -2.31. The van der Waals surface area contributed by atoms with E-state index in [1.54, 1.807) is 18.2 Å². The summed E-state index contributed by atoms with van der Waals surface area (Å²) in [6.45, 7) is 0. The average Bonchev–Trinajstić information content (AvgIpc) is 3.05. The third kappa shape index (κ3) is 5.94. The molecule has 2 N–H and O–H groups in total. The van der Waals surface area contributed by atoms with E-state index in [1.807, 2.05) is 0 Å². The molecule has 0 radical (unpaired) electrons. The van der Waals surface area contributed by atoms with Gasteiger partial charge in [0, 0.05) is 25.2 Å². The van der Waals surface area contributed by atoms with Crippen molar-refractivity contribution in [3.63, 3.8) is 0 Å². The van der Waals surface area contributed by atoms with Crippen LogP contribution in [-0.2, 0) is 18.8 Å². The number of aromatic hydroxyl groups is 2. The van der Waals surface area contributed by atoms with Gasteiger partial charge in [-0.3, -0.25) is 18.7 Å². The maximum atomic E-state index is 13.8. The zero-order chi connectivity index (χ0) is 33.1. The second kappa shape index (κ2) is 12.6. The molecule has 14 nitrogen and oxygen atoms in total. The van der Waals surface area contributed by atoms with E-state index in [1.165, 1.54) is 74.8 Å². The second-order valence-electron chi connectivity index (χ2n) is 9.69. The fourth-order valence-electron chi connectivity index (χ4n) is 4.39.